The first-order valence-corrected chi connectivity index (χ1v) is 7.46. The molecule has 1 unspecified atom stereocenters. The van der Waals surface area contributed by atoms with E-state index in [0.29, 0.717) is 11.7 Å². The minimum atomic E-state index is -0.366. The normalized spacial score (nSPS) is 18.5. The van der Waals surface area contributed by atoms with Gasteiger partial charge in [0.1, 0.15) is 4.61 Å². The highest BCUT2D eigenvalue weighted by Crippen LogP contribution is 2.28. The first-order valence-electron chi connectivity index (χ1n) is 6.67. The Hall–Kier alpha value is -1.66. The zero-order valence-corrected chi connectivity index (χ0v) is 13.6. The summed E-state index contributed by atoms with van der Waals surface area (Å²) in [6.07, 6.45) is 1.45. The molecule has 21 heavy (non-hydrogen) atoms. The lowest BCUT2D eigenvalue weighted by Crippen LogP contribution is -2.10. The molecule has 110 valence electrons. The van der Waals surface area contributed by atoms with Crippen LogP contribution in [-0.4, -0.2) is 10.1 Å². The van der Waals surface area contributed by atoms with Crippen molar-refractivity contribution in [3.63, 3.8) is 0 Å². The fourth-order valence-electron chi connectivity index (χ4n) is 2.03. The van der Waals surface area contributed by atoms with Gasteiger partial charge in [0.05, 0.1) is 0 Å². The van der Waals surface area contributed by atoms with Gasteiger partial charge in [-0.1, -0.05) is 50.2 Å². The van der Waals surface area contributed by atoms with Gasteiger partial charge in [-0.05, 0) is 33.0 Å². The van der Waals surface area contributed by atoms with E-state index in [1.807, 2.05) is 18.2 Å². The summed E-state index contributed by atoms with van der Waals surface area (Å²) in [5.74, 6) is 0.984. The molecule has 2 aromatic rings. The topological polar surface area (TPSA) is 60.2 Å². The van der Waals surface area contributed by atoms with E-state index in [2.05, 4.69) is 64.5 Å². The Kier molecular flexibility index (Phi) is 3.59. The van der Waals surface area contributed by atoms with Gasteiger partial charge in [-0.25, -0.2) is 0 Å². The van der Waals surface area contributed by atoms with Crippen molar-refractivity contribution >= 4 is 15.9 Å². The van der Waals surface area contributed by atoms with Crippen molar-refractivity contribution in [2.75, 3.05) is 0 Å². The van der Waals surface area contributed by atoms with Crippen molar-refractivity contribution in [2.24, 2.45) is 0 Å². The van der Waals surface area contributed by atoms with Crippen LogP contribution in [0.2, 0.25) is 0 Å². The van der Waals surface area contributed by atoms with Crippen LogP contribution < -0.4 is 5.48 Å². The van der Waals surface area contributed by atoms with E-state index in [-0.39, 0.29) is 11.5 Å². The van der Waals surface area contributed by atoms with Crippen molar-refractivity contribution in [1.29, 1.82) is 0 Å². The molecule has 0 spiro atoms. The van der Waals surface area contributed by atoms with Crippen LogP contribution in [0, 0.1) is 0 Å². The molecule has 1 N–H and O–H groups in total. The van der Waals surface area contributed by atoms with Gasteiger partial charge in [-0.15, -0.1) is 0 Å². The second-order valence-electron chi connectivity index (χ2n) is 5.94. The van der Waals surface area contributed by atoms with Crippen molar-refractivity contribution in [2.45, 2.75) is 32.3 Å². The Morgan fingerprint density at radius 2 is 1.90 bits per heavy atom. The summed E-state index contributed by atoms with van der Waals surface area (Å²) < 4.78 is 6.01. The van der Waals surface area contributed by atoms with Crippen LogP contribution in [0.5, 0.6) is 0 Å². The number of benzene rings is 1. The van der Waals surface area contributed by atoms with E-state index < -0.39 is 0 Å². The highest BCUT2D eigenvalue weighted by Gasteiger charge is 2.23. The molecule has 0 saturated heterocycles. The molecule has 0 radical (unpaired) electrons. The molecule has 5 nitrogen and oxygen atoms in total. The number of nitrogens with zero attached hydrogens (tertiary/aromatic N) is 2. The third-order valence-electron chi connectivity index (χ3n) is 3.28. The summed E-state index contributed by atoms with van der Waals surface area (Å²) in [4.78, 5) is 9.66. The van der Waals surface area contributed by atoms with Crippen molar-refractivity contribution in [3.8, 4) is 11.4 Å². The minimum Gasteiger partial charge on any atom is -0.336 e. The van der Waals surface area contributed by atoms with Gasteiger partial charge in [0.2, 0.25) is 5.82 Å². The lowest BCUT2D eigenvalue weighted by atomic mass is 9.87. The quantitative estimate of drug-likeness (QED) is 0.834. The number of nitrogens with one attached hydrogen (secondary N) is 1. The minimum absolute atomic E-state index is 0.126. The Balaban J connectivity index is 1.83. The number of aromatic nitrogens is 2. The van der Waals surface area contributed by atoms with Crippen LogP contribution >= 0.6 is 15.9 Å². The van der Waals surface area contributed by atoms with Gasteiger partial charge in [0.25, 0.3) is 5.89 Å². The van der Waals surface area contributed by atoms with Crippen molar-refractivity contribution < 1.29 is 9.36 Å². The Morgan fingerprint density at radius 1 is 1.19 bits per heavy atom. The van der Waals surface area contributed by atoms with Gasteiger partial charge >= 0.3 is 0 Å². The molecule has 3 rings (SSSR count). The monoisotopic (exact) mass is 349 g/mol. The van der Waals surface area contributed by atoms with E-state index in [9.17, 15) is 0 Å². The molecule has 0 saturated carbocycles. The number of rotatable bonds is 2. The molecule has 1 aliphatic rings. The fourth-order valence-corrected chi connectivity index (χ4v) is 2.36. The van der Waals surface area contributed by atoms with E-state index in [0.717, 1.165) is 10.2 Å². The molecule has 0 aliphatic carbocycles. The van der Waals surface area contributed by atoms with Gasteiger partial charge in [-0.2, -0.15) is 4.98 Å². The van der Waals surface area contributed by atoms with Gasteiger partial charge < -0.3 is 4.52 Å². The number of hydrogen-bond donors (Lipinski definition) is 1. The molecule has 0 amide bonds. The summed E-state index contributed by atoms with van der Waals surface area (Å²) in [5, 5.41) is 4.01. The Morgan fingerprint density at radius 3 is 2.48 bits per heavy atom. The van der Waals surface area contributed by atoms with Gasteiger partial charge in [0.15, 0.2) is 6.10 Å². The van der Waals surface area contributed by atoms with E-state index >= 15 is 0 Å². The number of halogens is 1. The zero-order chi connectivity index (χ0) is 15.0. The third-order valence-corrected chi connectivity index (χ3v) is 3.70. The van der Waals surface area contributed by atoms with Crippen LogP contribution in [0.1, 0.15) is 38.3 Å². The maximum absolute atomic E-state index is 5.28. The number of hydrogen-bond acceptors (Lipinski definition) is 5. The molecule has 1 aromatic heterocycles. The predicted molar refractivity (Wildman–Crippen MR) is 82.4 cm³/mol. The average Bonchev–Trinajstić information content (AvgIpc) is 3.06. The molecule has 1 aliphatic heterocycles. The Bertz CT molecular complexity index is 671. The number of hydroxylamine groups is 1. The van der Waals surface area contributed by atoms with Gasteiger partial charge in [-0.3, -0.25) is 10.3 Å². The molecular formula is C15H16BrN3O2. The largest absolute Gasteiger partial charge is 0.336 e. The lowest BCUT2D eigenvalue weighted by molar-refractivity contribution is 0.0274. The van der Waals surface area contributed by atoms with E-state index in [1.165, 1.54) is 5.56 Å². The third kappa shape index (κ3) is 3.01. The second kappa shape index (κ2) is 5.27. The highest BCUT2D eigenvalue weighted by molar-refractivity contribution is 9.11. The van der Waals surface area contributed by atoms with Crippen LogP contribution in [0.25, 0.3) is 11.4 Å². The SMILES string of the molecule is CC(C)(C)c1ccc(-c2noc(C3C=C(Br)NO3)n2)cc1. The Labute approximate surface area is 131 Å². The van der Waals surface area contributed by atoms with Crippen molar-refractivity contribution in [1.82, 2.24) is 15.6 Å². The maximum atomic E-state index is 5.28. The summed E-state index contributed by atoms with van der Waals surface area (Å²) in [6, 6.07) is 8.20. The summed E-state index contributed by atoms with van der Waals surface area (Å²) in [6.45, 7) is 6.55. The van der Waals surface area contributed by atoms with Crippen LogP contribution in [0.15, 0.2) is 39.5 Å². The second-order valence-corrected chi connectivity index (χ2v) is 6.79. The lowest BCUT2D eigenvalue weighted by Gasteiger charge is -2.18. The van der Waals surface area contributed by atoms with Gasteiger partial charge in [0, 0.05) is 5.56 Å². The summed E-state index contributed by atoms with van der Waals surface area (Å²) in [5.41, 5.74) is 5.01. The fraction of sp³-hybridized carbons (Fsp3) is 0.333. The molecular weight excluding hydrogens is 334 g/mol. The standard InChI is InChI=1S/C15H16BrN3O2/c1-15(2,3)10-6-4-9(5-7-10)13-17-14(21-19-13)11-8-12(16)18-20-11/h4-8,11,18H,1-3H3. The first-order chi connectivity index (χ1) is 9.93. The average molecular weight is 350 g/mol. The summed E-state index contributed by atoms with van der Waals surface area (Å²) >= 11 is 3.29. The predicted octanol–water partition coefficient (Wildman–Crippen LogP) is 3.85. The summed E-state index contributed by atoms with van der Waals surface area (Å²) in [7, 11) is 0. The molecule has 6 heteroatoms. The van der Waals surface area contributed by atoms with Crippen LogP contribution in [0.3, 0.4) is 0 Å². The molecule has 1 atom stereocenters. The molecule has 2 heterocycles. The van der Waals surface area contributed by atoms with Crippen molar-refractivity contribution in [3.05, 3.63) is 46.4 Å². The highest BCUT2D eigenvalue weighted by atomic mass is 79.9. The molecule has 1 aromatic carbocycles. The zero-order valence-electron chi connectivity index (χ0n) is 12.1. The molecule has 0 bridgehead atoms. The van der Waals surface area contributed by atoms with Crippen LogP contribution in [-0.2, 0) is 10.3 Å². The van der Waals surface area contributed by atoms with E-state index in [4.69, 9.17) is 9.36 Å². The van der Waals surface area contributed by atoms with Crippen LogP contribution in [0.4, 0.5) is 0 Å². The smallest absolute Gasteiger partial charge is 0.262 e. The first kappa shape index (κ1) is 14.3. The van der Waals surface area contributed by atoms with E-state index in [1.54, 1.807) is 0 Å². The molecule has 0 fully saturated rings. The maximum Gasteiger partial charge on any atom is 0.262 e.